The lowest BCUT2D eigenvalue weighted by molar-refractivity contribution is -0.122. The largest absolute Gasteiger partial charge is 0.309 e. The average Bonchev–Trinajstić information content (AvgIpc) is 2.69. The zero-order valence-electron chi connectivity index (χ0n) is 16.9. The molecular weight excluding hydrogens is 332 g/mol. The topological polar surface area (TPSA) is 23.6 Å². The van der Waals surface area contributed by atoms with Gasteiger partial charge < -0.3 is 9.80 Å². The molecule has 1 saturated heterocycles. The maximum Gasteiger partial charge on any atom is 0.229 e. The van der Waals surface area contributed by atoms with E-state index >= 15 is 0 Å². The van der Waals surface area contributed by atoms with Gasteiger partial charge in [0, 0.05) is 37.3 Å². The molecule has 1 aliphatic rings. The summed E-state index contributed by atoms with van der Waals surface area (Å²) >= 11 is 0. The van der Waals surface area contributed by atoms with Gasteiger partial charge >= 0.3 is 0 Å². The molecule has 0 unspecified atom stereocenters. The lowest BCUT2D eigenvalue weighted by atomic mass is 9.99. The van der Waals surface area contributed by atoms with Crippen molar-refractivity contribution in [3.8, 4) is 0 Å². The van der Waals surface area contributed by atoms with Crippen LogP contribution >= 0.6 is 0 Å². The van der Waals surface area contributed by atoms with E-state index in [0.29, 0.717) is 6.04 Å². The van der Waals surface area contributed by atoms with Gasteiger partial charge in [-0.25, -0.2) is 0 Å². The van der Waals surface area contributed by atoms with Crippen LogP contribution < -0.4 is 4.90 Å². The van der Waals surface area contributed by atoms with E-state index in [1.54, 1.807) is 0 Å². The van der Waals surface area contributed by atoms with Gasteiger partial charge in [-0.1, -0.05) is 61.9 Å². The van der Waals surface area contributed by atoms with Crippen LogP contribution in [0.25, 0.3) is 0 Å². The number of benzene rings is 2. The fourth-order valence-corrected chi connectivity index (χ4v) is 3.83. The van der Waals surface area contributed by atoms with E-state index < -0.39 is 0 Å². The van der Waals surface area contributed by atoms with E-state index in [-0.39, 0.29) is 11.8 Å². The molecule has 0 atom stereocenters. The lowest BCUT2D eigenvalue weighted by Crippen LogP contribution is -2.49. The Bertz CT molecular complexity index is 716. The summed E-state index contributed by atoms with van der Waals surface area (Å²) in [6.45, 7) is 9.30. The number of carbonyl (C=O) groups excluding carboxylic acids is 1. The molecule has 0 saturated carbocycles. The fourth-order valence-electron chi connectivity index (χ4n) is 3.83. The lowest BCUT2D eigenvalue weighted by Gasteiger charge is -2.39. The number of hydrogen-bond donors (Lipinski definition) is 0. The molecule has 0 bridgehead atoms. The number of hydrogen-bond acceptors (Lipinski definition) is 2. The predicted octanol–water partition coefficient (Wildman–Crippen LogP) is 4.69. The number of carbonyl (C=O) groups is 1. The third-order valence-electron chi connectivity index (χ3n) is 5.53. The summed E-state index contributed by atoms with van der Waals surface area (Å²) in [6, 6.07) is 19.4. The fraction of sp³-hybridized carbons (Fsp3) is 0.458. The summed E-state index contributed by atoms with van der Waals surface area (Å²) in [6.07, 6.45) is 3.18. The maximum atomic E-state index is 12.9. The minimum atomic E-state index is 0.0161. The number of amides is 1. The SMILES string of the molecule is Cc1ccc(N(C(=O)C(C)C)C2CCN(CCc3ccccc3)CC2)cc1. The number of aryl methyl sites for hydroxylation is 1. The van der Waals surface area contributed by atoms with Crippen LogP contribution in [-0.4, -0.2) is 36.5 Å². The molecule has 3 nitrogen and oxygen atoms in total. The standard InChI is InChI=1S/C24H32N2O/c1-19(2)24(27)26(22-11-9-20(3)10-12-22)23-14-17-25(18-15-23)16-13-21-7-5-4-6-8-21/h4-12,19,23H,13-18H2,1-3H3. The van der Waals surface area contributed by atoms with Crippen LogP contribution in [0.1, 0.15) is 37.8 Å². The van der Waals surface area contributed by atoms with Gasteiger partial charge in [-0.3, -0.25) is 4.79 Å². The number of nitrogens with zero attached hydrogens (tertiary/aromatic N) is 2. The minimum Gasteiger partial charge on any atom is -0.309 e. The third-order valence-corrected chi connectivity index (χ3v) is 5.53. The van der Waals surface area contributed by atoms with Crippen LogP contribution in [0, 0.1) is 12.8 Å². The highest BCUT2D eigenvalue weighted by molar-refractivity contribution is 5.95. The van der Waals surface area contributed by atoms with Crippen LogP contribution in [0.5, 0.6) is 0 Å². The Morgan fingerprint density at radius 3 is 2.26 bits per heavy atom. The van der Waals surface area contributed by atoms with Crippen LogP contribution in [0.3, 0.4) is 0 Å². The molecule has 0 aromatic heterocycles. The second-order valence-electron chi connectivity index (χ2n) is 8.01. The number of likely N-dealkylation sites (tertiary alicyclic amines) is 1. The molecule has 1 amide bonds. The molecule has 3 heteroatoms. The summed E-state index contributed by atoms with van der Waals surface area (Å²) in [7, 11) is 0. The van der Waals surface area contributed by atoms with Crippen molar-refractivity contribution in [1.82, 2.24) is 4.90 Å². The summed E-state index contributed by atoms with van der Waals surface area (Å²) in [5.41, 5.74) is 3.67. The van der Waals surface area contributed by atoms with Gasteiger partial charge in [-0.15, -0.1) is 0 Å². The van der Waals surface area contributed by atoms with Gasteiger partial charge in [0.1, 0.15) is 0 Å². The van der Waals surface area contributed by atoms with E-state index in [1.807, 2.05) is 13.8 Å². The summed E-state index contributed by atoms with van der Waals surface area (Å²) in [5, 5.41) is 0. The predicted molar refractivity (Wildman–Crippen MR) is 113 cm³/mol. The van der Waals surface area contributed by atoms with Crippen molar-refractivity contribution in [2.75, 3.05) is 24.5 Å². The van der Waals surface area contributed by atoms with Crippen molar-refractivity contribution in [3.05, 3.63) is 65.7 Å². The Hall–Kier alpha value is -2.13. The Kier molecular flexibility index (Phi) is 6.68. The molecule has 2 aromatic carbocycles. The van der Waals surface area contributed by atoms with Crippen molar-refractivity contribution in [2.24, 2.45) is 5.92 Å². The molecule has 0 radical (unpaired) electrons. The van der Waals surface area contributed by atoms with E-state index in [1.165, 1.54) is 11.1 Å². The van der Waals surface area contributed by atoms with Crippen molar-refractivity contribution < 1.29 is 4.79 Å². The Morgan fingerprint density at radius 1 is 1.04 bits per heavy atom. The van der Waals surface area contributed by atoms with Crippen molar-refractivity contribution in [1.29, 1.82) is 0 Å². The Morgan fingerprint density at radius 2 is 1.67 bits per heavy atom. The molecule has 144 valence electrons. The smallest absolute Gasteiger partial charge is 0.229 e. The van der Waals surface area contributed by atoms with E-state index in [0.717, 1.165) is 44.6 Å². The first-order valence-electron chi connectivity index (χ1n) is 10.2. The Labute approximate surface area is 164 Å². The van der Waals surface area contributed by atoms with E-state index in [4.69, 9.17) is 0 Å². The quantitative estimate of drug-likeness (QED) is 0.742. The number of piperidine rings is 1. The number of anilines is 1. The molecule has 1 aliphatic heterocycles. The molecular formula is C24H32N2O. The van der Waals surface area contributed by atoms with Gasteiger partial charge in [0.2, 0.25) is 5.91 Å². The molecule has 2 aromatic rings. The van der Waals surface area contributed by atoms with Gasteiger partial charge in [0.05, 0.1) is 0 Å². The molecule has 27 heavy (non-hydrogen) atoms. The monoisotopic (exact) mass is 364 g/mol. The van der Waals surface area contributed by atoms with Gasteiger partial charge in [-0.05, 0) is 43.9 Å². The molecule has 0 N–H and O–H groups in total. The minimum absolute atomic E-state index is 0.0161. The second-order valence-corrected chi connectivity index (χ2v) is 8.01. The van der Waals surface area contributed by atoms with Crippen LogP contribution in [0.15, 0.2) is 54.6 Å². The summed E-state index contributed by atoms with van der Waals surface area (Å²) in [4.78, 5) is 17.5. The van der Waals surface area contributed by atoms with Crippen molar-refractivity contribution in [2.45, 2.75) is 46.1 Å². The highest BCUT2D eigenvalue weighted by Gasteiger charge is 2.30. The molecule has 0 spiro atoms. The van der Waals surface area contributed by atoms with Gasteiger partial charge in [-0.2, -0.15) is 0 Å². The van der Waals surface area contributed by atoms with Crippen LogP contribution in [0.2, 0.25) is 0 Å². The normalized spacial score (nSPS) is 15.9. The first-order valence-corrected chi connectivity index (χ1v) is 10.2. The highest BCUT2D eigenvalue weighted by Crippen LogP contribution is 2.26. The van der Waals surface area contributed by atoms with Gasteiger partial charge in [0.25, 0.3) is 0 Å². The molecule has 3 rings (SSSR count). The van der Waals surface area contributed by atoms with Crippen LogP contribution in [0.4, 0.5) is 5.69 Å². The average molecular weight is 365 g/mol. The van der Waals surface area contributed by atoms with Gasteiger partial charge in [0.15, 0.2) is 0 Å². The first-order chi connectivity index (χ1) is 13.0. The summed E-state index contributed by atoms with van der Waals surface area (Å²) < 4.78 is 0. The van der Waals surface area contributed by atoms with E-state index in [9.17, 15) is 4.79 Å². The molecule has 0 aliphatic carbocycles. The van der Waals surface area contributed by atoms with Crippen LogP contribution in [-0.2, 0) is 11.2 Å². The zero-order chi connectivity index (χ0) is 19.2. The summed E-state index contributed by atoms with van der Waals surface area (Å²) in [5.74, 6) is 0.254. The third kappa shape index (κ3) is 5.20. The second kappa shape index (κ2) is 9.18. The maximum absolute atomic E-state index is 12.9. The van der Waals surface area contributed by atoms with Crippen molar-refractivity contribution >= 4 is 11.6 Å². The zero-order valence-corrected chi connectivity index (χ0v) is 16.9. The Balaban J connectivity index is 1.62. The van der Waals surface area contributed by atoms with Crippen molar-refractivity contribution in [3.63, 3.8) is 0 Å². The molecule has 1 fully saturated rings. The van der Waals surface area contributed by atoms with E-state index in [2.05, 4.69) is 71.3 Å². The number of rotatable bonds is 6. The first kappa shape index (κ1) is 19.6. The highest BCUT2D eigenvalue weighted by atomic mass is 16.2. The molecule has 1 heterocycles.